The van der Waals surface area contributed by atoms with Crippen LogP contribution in [0.2, 0.25) is 0 Å². The van der Waals surface area contributed by atoms with E-state index in [9.17, 15) is 0 Å². The molecule has 2 aromatic heterocycles. The number of nitrogens with zero attached hydrogens (tertiary/aromatic N) is 4. The van der Waals surface area contributed by atoms with E-state index in [1.165, 1.54) is 0 Å². The second-order valence-electron chi connectivity index (χ2n) is 5.86. The average Bonchev–Trinajstić information content (AvgIpc) is 2.95. The number of rotatable bonds is 3. The van der Waals surface area contributed by atoms with Crippen LogP contribution in [0.4, 0.5) is 11.5 Å². The average molecular weight is 394 g/mol. The maximum Gasteiger partial charge on any atom is 0.253 e. The van der Waals surface area contributed by atoms with E-state index in [0.29, 0.717) is 5.95 Å². The second kappa shape index (κ2) is 6.29. The molecule has 0 aliphatic heterocycles. The highest BCUT2D eigenvalue weighted by Gasteiger charge is 2.12. The molecule has 0 aliphatic carbocycles. The molecule has 0 spiro atoms. The molecule has 5 nitrogen and oxygen atoms in total. The molecular formula is C19H16BrN5. The van der Waals surface area contributed by atoms with Crippen LogP contribution in [0, 0.1) is 13.8 Å². The van der Waals surface area contributed by atoms with Crippen LogP contribution in [0.5, 0.6) is 0 Å². The molecule has 124 valence electrons. The van der Waals surface area contributed by atoms with Crippen LogP contribution < -0.4 is 5.32 Å². The molecule has 0 radical (unpaired) electrons. The molecule has 1 N–H and O–H groups in total. The molecule has 0 atom stereocenters. The van der Waals surface area contributed by atoms with E-state index in [1.807, 2.05) is 68.4 Å². The van der Waals surface area contributed by atoms with E-state index >= 15 is 0 Å². The number of benzene rings is 2. The molecule has 0 bridgehead atoms. The highest BCUT2D eigenvalue weighted by molar-refractivity contribution is 9.10. The van der Waals surface area contributed by atoms with Crippen molar-refractivity contribution >= 4 is 38.3 Å². The van der Waals surface area contributed by atoms with Crippen molar-refractivity contribution in [2.75, 3.05) is 5.32 Å². The Morgan fingerprint density at radius 2 is 1.72 bits per heavy atom. The van der Waals surface area contributed by atoms with E-state index in [-0.39, 0.29) is 0 Å². The molecule has 0 saturated heterocycles. The summed E-state index contributed by atoms with van der Waals surface area (Å²) in [5.74, 6) is 1.32. The van der Waals surface area contributed by atoms with Gasteiger partial charge in [0.2, 0.25) is 0 Å². The Morgan fingerprint density at radius 3 is 2.44 bits per heavy atom. The summed E-state index contributed by atoms with van der Waals surface area (Å²) in [6.07, 6.45) is 0. The second-order valence-corrected chi connectivity index (χ2v) is 6.78. The van der Waals surface area contributed by atoms with Crippen molar-refractivity contribution in [1.82, 2.24) is 19.7 Å². The Morgan fingerprint density at radius 1 is 0.960 bits per heavy atom. The van der Waals surface area contributed by atoms with Gasteiger partial charge >= 0.3 is 0 Å². The number of hydrogen-bond donors (Lipinski definition) is 1. The predicted octanol–water partition coefficient (Wildman–Crippen LogP) is 4.94. The van der Waals surface area contributed by atoms with Crippen LogP contribution in [0.15, 0.2) is 59.1 Å². The number of anilines is 2. The van der Waals surface area contributed by atoms with Gasteiger partial charge in [-0.3, -0.25) is 0 Å². The third kappa shape index (κ3) is 3.13. The van der Waals surface area contributed by atoms with Gasteiger partial charge in [0.05, 0.1) is 11.2 Å². The zero-order chi connectivity index (χ0) is 17.4. The van der Waals surface area contributed by atoms with Crippen LogP contribution in [-0.2, 0) is 0 Å². The fourth-order valence-corrected chi connectivity index (χ4v) is 3.02. The van der Waals surface area contributed by atoms with Crippen LogP contribution in [0.25, 0.3) is 16.9 Å². The van der Waals surface area contributed by atoms with Crippen LogP contribution in [-0.4, -0.2) is 19.7 Å². The number of aryl methyl sites for hydroxylation is 2. The van der Waals surface area contributed by atoms with Gasteiger partial charge in [-0.25, -0.2) is 9.67 Å². The van der Waals surface area contributed by atoms with Crippen molar-refractivity contribution < 1.29 is 0 Å². The van der Waals surface area contributed by atoms with E-state index < -0.39 is 0 Å². The predicted molar refractivity (Wildman–Crippen MR) is 104 cm³/mol. The van der Waals surface area contributed by atoms with Crippen molar-refractivity contribution in [3.05, 3.63) is 70.5 Å². The lowest BCUT2D eigenvalue weighted by Gasteiger charge is -2.11. The number of hydrogen-bond acceptors (Lipinski definition) is 4. The van der Waals surface area contributed by atoms with E-state index in [4.69, 9.17) is 4.98 Å². The van der Waals surface area contributed by atoms with Crippen molar-refractivity contribution in [3.63, 3.8) is 0 Å². The summed E-state index contributed by atoms with van der Waals surface area (Å²) in [5.41, 5.74) is 3.78. The molecule has 0 amide bonds. The van der Waals surface area contributed by atoms with Crippen molar-refractivity contribution in [1.29, 1.82) is 0 Å². The number of nitrogens with one attached hydrogen (secondary N) is 1. The Balaban J connectivity index is 1.86. The van der Waals surface area contributed by atoms with Crippen molar-refractivity contribution in [2.45, 2.75) is 13.8 Å². The fraction of sp³-hybridized carbons (Fsp3) is 0.105. The molecular weight excluding hydrogens is 378 g/mol. The maximum absolute atomic E-state index is 4.73. The summed E-state index contributed by atoms with van der Waals surface area (Å²) in [6.45, 7) is 3.96. The Hall–Kier alpha value is -2.73. The van der Waals surface area contributed by atoms with E-state index in [1.54, 1.807) is 4.68 Å². The van der Waals surface area contributed by atoms with Crippen LogP contribution in [0.1, 0.15) is 11.4 Å². The van der Waals surface area contributed by atoms with Gasteiger partial charge < -0.3 is 5.32 Å². The SMILES string of the molecule is Cc1cc(C)n(-c2nc(Nc3ccc(Br)cc3)c3ccccc3n2)n1. The Labute approximate surface area is 153 Å². The molecule has 4 rings (SSSR count). The first-order chi connectivity index (χ1) is 12.1. The monoisotopic (exact) mass is 393 g/mol. The van der Waals surface area contributed by atoms with Gasteiger partial charge in [-0.2, -0.15) is 10.1 Å². The third-order valence-electron chi connectivity index (χ3n) is 3.90. The molecule has 2 aromatic carbocycles. The lowest BCUT2D eigenvalue weighted by atomic mass is 10.2. The number of aromatic nitrogens is 4. The minimum absolute atomic E-state index is 0.559. The lowest BCUT2D eigenvalue weighted by molar-refractivity contribution is 0.781. The highest BCUT2D eigenvalue weighted by Crippen LogP contribution is 2.26. The molecule has 0 fully saturated rings. The fourth-order valence-electron chi connectivity index (χ4n) is 2.76. The summed E-state index contributed by atoms with van der Waals surface area (Å²) >= 11 is 3.46. The van der Waals surface area contributed by atoms with Gasteiger partial charge in [0.1, 0.15) is 5.82 Å². The van der Waals surface area contributed by atoms with Crippen molar-refractivity contribution in [2.24, 2.45) is 0 Å². The van der Waals surface area contributed by atoms with Gasteiger partial charge in [-0.05, 0) is 56.3 Å². The Kier molecular flexibility index (Phi) is 3.97. The number of fused-ring (bicyclic) bond motifs is 1. The molecule has 0 aliphatic rings. The van der Waals surface area contributed by atoms with Gasteiger partial charge in [-0.15, -0.1) is 0 Å². The summed E-state index contributed by atoms with van der Waals surface area (Å²) in [4.78, 5) is 9.41. The first-order valence-electron chi connectivity index (χ1n) is 7.93. The topological polar surface area (TPSA) is 55.6 Å². The van der Waals surface area contributed by atoms with Gasteiger partial charge in [-0.1, -0.05) is 28.1 Å². The van der Waals surface area contributed by atoms with E-state index in [2.05, 4.69) is 31.3 Å². The van der Waals surface area contributed by atoms with Crippen LogP contribution >= 0.6 is 15.9 Å². The number of para-hydroxylation sites is 1. The summed E-state index contributed by atoms with van der Waals surface area (Å²) in [5, 5.41) is 8.87. The minimum Gasteiger partial charge on any atom is -0.340 e. The van der Waals surface area contributed by atoms with E-state index in [0.717, 1.165) is 38.3 Å². The molecule has 0 unspecified atom stereocenters. The normalized spacial score (nSPS) is 11.0. The zero-order valence-electron chi connectivity index (χ0n) is 13.9. The molecule has 4 aromatic rings. The van der Waals surface area contributed by atoms with Gasteiger partial charge in [0.15, 0.2) is 0 Å². The third-order valence-corrected chi connectivity index (χ3v) is 4.43. The first-order valence-corrected chi connectivity index (χ1v) is 8.72. The smallest absolute Gasteiger partial charge is 0.253 e. The lowest BCUT2D eigenvalue weighted by Crippen LogP contribution is -2.07. The van der Waals surface area contributed by atoms with Crippen molar-refractivity contribution in [3.8, 4) is 5.95 Å². The highest BCUT2D eigenvalue weighted by atomic mass is 79.9. The van der Waals surface area contributed by atoms with Gasteiger partial charge in [0.25, 0.3) is 5.95 Å². The first kappa shape index (κ1) is 15.8. The summed E-state index contributed by atoms with van der Waals surface area (Å²) in [6, 6.07) is 18.0. The quantitative estimate of drug-likeness (QED) is 0.535. The Bertz CT molecular complexity index is 1050. The van der Waals surface area contributed by atoms with Crippen LogP contribution in [0.3, 0.4) is 0 Å². The minimum atomic E-state index is 0.559. The maximum atomic E-state index is 4.73. The summed E-state index contributed by atoms with van der Waals surface area (Å²) in [7, 11) is 0. The molecule has 6 heteroatoms. The zero-order valence-corrected chi connectivity index (χ0v) is 15.4. The standard InChI is InChI=1S/C19H16BrN5/c1-12-11-13(2)25(24-12)19-22-17-6-4-3-5-16(17)18(23-19)21-15-9-7-14(20)8-10-15/h3-11H,1-2H3,(H,21,22,23). The largest absolute Gasteiger partial charge is 0.340 e. The summed E-state index contributed by atoms with van der Waals surface area (Å²) < 4.78 is 2.81. The van der Waals surface area contributed by atoms with Gasteiger partial charge in [0, 0.05) is 21.2 Å². The molecule has 2 heterocycles. The number of halogens is 1. The molecule has 25 heavy (non-hydrogen) atoms. The molecule has 0 saturated carbocycles.